The van der Waals surface area contributed by atoms with E-state index in [-0.39, 0.29) is 11.8 Å². The summed E-state index contributed by atoms with van der Waals surface area (Å²) in [5.41, 5.74) is 7.95. The SMILES string of the molecule is CCOc1cc(NC2COc3ccccc32)c(N)cc1F. The van der Waals surface area contributed by atoms with Gasteiger partial charge in [-0.05, 0) is 13.0 Å². The standard InChI is InChI=1S/C16H17FN2O2/c1-2-20-16-8-13(12(18)7-11(16)17)19-14-9-21-15-6-4-3-5-10(14)15/h3-8,14,19H,2,9,18H2,1H3. The van der Waals surface area contributed by atoms with Crippen molar-refractivity contribution in [2.45, 2.75) is 13.0 Å². The smallest absolute Gasteiger partial charge is 0.167 e. The van der Waals surface area contributed by atoms with E-state index in [0.29, 0.717) is 24.6 Å². The van der Waals surface area contributed by atoms with E-state index in [1.165, 1.54) is 6.07 Å². The zero-order chi connectivity index (χ0) is 14.8. The highest BCUT2D eigenvalue weighted by atomic mass is 19.1. The molecule has 3 N–H and O–H groups in total. The maximum Gasteiger partial charge on any atom is 0.167 e. The number of nitrogens with one attached hydrogen (secondary N) is 1. The van der Waals surface area contributed by atoms with Crippen molar-refractivity contribution < 1.29 is 13.9 Å². The quantitative estimate of drug-likeness (QED) is 0.847. The van der Waals surface area contributed by atoms with Crippen LogP contribution in [0.15, 0.2) is 36.4 Å². The zero-order valence-corrected chi connectivity index (χ0v) is 11.7. The molecule has 1 aliphatic heterocycles. The predicted octanol–water partition coefficient (Wildman–Crippen LogP) is 3.35. The van der Waals surface area contributed by atoms with E-state index < -0.39 is 5.82 Å². The number of hydrogen-bond acceptors (Lipinski definition) is 4. The summed E-state index contributed by atoms with van der Waals surface area (Å²) in [5.74, 6) is 0.602. The number of benzene rings is 2. The maximum absolute atomic E-state index is 13.7. The molecule has 0 saturated carbocycles. The Morgan fingerprint density at radius 2 is 2.19 bits per heavy atom. The van der Waals surface area contributed by atoms with Gasteiger partial charge in [0.15, 0.2) is 11.6 Å². The highest BCUT2D eigenvalue weighted by molar-refractivity contribution is 5.69. The van der Waals surface area contributed by atoms with E-state index in [4.69, 9.17) is 15.2 Å². The van der Waals surface area contributed by atoms with Crippen LogP contribution in [-0.2, 0) is 0 Å². The number of ether oxygens (including phenoxy) is 2. The van der Waals surface area contributed by atoms with Crippen LogP contribution in [0.3, 0.4) is 0 Å². The van der Waals surface area contributed by atoms with Crippen molar-refractivity contribution >= 4 is 11.4 Å². The third kappa shape index (κ3) is 2.59. The van der Waals surface area contributed by atoms with Gasteiger partial charge in [-0.25, -0.2) is 4.39 Å². The van der Waals surface area contributed by atoms with Crippen LogP contribution in [0.2, 0.25) is 0 Å². The summed E-state index contributed by atoms with van der Waals surface area (Å²) in [7, 11) is 0. The third-order valence-corrected chi connectivity index (χ3v) is 3.43. The van der Waals surface area contributed by atoms with Crippen LogP contribution in [0.4, 0.5) is 15.8 Å². The molecule has 0 aliphatic carbocycles. The van der Waals surface area contributed by atoms with E-state index in [0.717, 1.165) is 11.3 Å². The lowest BCUT2D eigenvalue weighted by Crippen LogP contribution is -2.13. The number of rotatable bonds is 4. The fourth-order valence-electron chi connectivity index (χ4n) is 2.43. The van der Waals surface area contributed by atoms with Crippen LogP contribution in [0.5, 0.6) is 11.5 Å². The molecular weight excluding hydrogens is 271 g/mol. The number of fused-ring (bicyclic) bond motifs is 1. The molecule has 1 heterocycles. The van der Waals surface area contributed by atoms with E-state index in [2.05, 4.69) is 5.32 Å². The van der Waals surface area contributed by atoms with Gasteiger partial charge in [-0.2, -0.15) is 0 Å². The molecule has 0 bridgehead atoms. The zero-order valence-electron chi connectivity index (χ0n) is 11.7. The summed E-state index contributed by atoms with van der Waals surface area (Å²) in [6, 6.07) is 10.7. The Morgan fingerprint density at radius 3 is 3.00 bits per heavy atom. The molecule has 2 aromatic carbocycles. The molecule has 4 nitrogen and oxygen atoms in total. The Balaban J connectivity index is 1.87. The molecule has 110 valence electrons. The molecule has 0 aromatic heterocycles. The highest BCUT2D eigenvalue weighted by Crippen LogP contribution is 2.36. The van der Waals surface area contributed by atoms with Gasteiger partial charge in [0.2, 0.25) is 0 Å². The number of hydrogen-bond donors (Lipinski definition) is 2. The topological polar surface area (TPSA) is 56.5 Å². The fourth-order valence-corrected chi connectivity index (χ4v) is 2.43. The van der Waals surface area contributed by atoms with Crippen LogP contribution in [0.1, 0.15) is 18.5 Å². The molecule has 0 saturated heterocycles. The van der Waals surface area contributed by atoms with Crippen LogP contribution < -0.4 is 20.5 Å². The summed E-state index contributed by atoms with van der Waals surface area (Å²) in [6.45, 7) is 2.72. The van der Waals surface area contributed by atoms with Gasteiger partial charge in [-0.1, -0.05) is 18.2 Å². The lowest BCUT2D eigenvalue weighted by Gasteiger charge is -2.16. The van der Waals surface area contributed by atoms with Gasteiger partial charge in [-0.15, -0.1) is 0 Å². The molecule has 5 heteroatoms. The molecule has 1 aliphatic rings. The largest absolute Gasteiger partial charge is 0.491 e. The molecular formula is C16H17FN2O2. The van der Waals surface area contributed by atoms with Crippen LogP contribution in [0, 0.1) is 5.82 Å². The molecule has 0 radical (unpaired) electrons. The predicted molar refractivity (Wildman–Crippen MR) is 80.3 cm³/mol. The lowest BCUT2D eigenvalue weighted by atomic mass is 10.1. The number of nitrogens with two attached hydrogens (primary N) is 1. The number of halogens is 1. The van der Waals surface area contributed by atoms with Crippen LogP contribution in [0.25, 0.3) is 0 Å². The lowest BCUT2D eigenvalue weighted by molar-refractivity contribution is 0.321. The average Bonchev–Trinajstić information content (AvgIpc) is 2.88. The summed E-state index contributed by atoms with van der Waals surface area (Å²) >= 11 is 0. The first-order valence-corrected chi connectivity index (χ1v) is 6.89. The third-order valence-electron chi connectivity index (χ3n) is 3.43. The molecule has 0 amide bonds. The normalized spacial score (nSPS) is 16.2. The van der Waals surface area contributed by atoms with E-state index in [9.17, 15) is 4.39 Å². The summed E-state index contributed by atoms with van der Waals surface area (Å²) in [4.78, 5) is 0. The first kappa shape index (κ1) is 13.5. The highest BCUT2D eigenvalue weighted by Gasteiger charge is 2.24. The Morgan fingerprint density at radius 1 is 1.38 bits per heavy atom. The average molecular weight is 288 g/mol. The molecule has 3 rings (SSSR count). The van der Waals surface area contributed by atoms with Crippen molar-refractivity contribution in [3.8, 4) is 11.5 Å². The first-order valence-electron chi connectivity index (χ1n) is 6.89. The Bertz CT molecular complexity index is 661. The van der Waals surface area contributed by atoms with Gasteiger partial charge in [0.1, 0.15) is 12.4 Å². The van der Waals surface area contributed by atoms with Gasteiger partial charge >= 0.3 is 0 Å². The summed E-state index contributed by atoms with van der Waals surface area (Å²) in [6.07, 6.45) is 0. The fraction of sp³-hybridized carbons (Fsp3) is 0.250. The van der Waals surface area contributed by atoms with Gasteiger partial charge in [0.25, 0.3) is 0 Å². The van der Waals surface area contributed by atoms with Crippen LogP contribution in [-0.4, -0.2) is 13.2 Å². The molecule has 1 atom stereocenters. The molecule has 0 fully saturated rings. The molecule has 0 spiro atoms. The van der Waals surface area contributed by atoms with Crippen molar-refractivity contribution in [2.75, 3.05) is 24.3 Å². The molecule has 21 heavy (non-hydrogen) atoms. The van der Waals surface area contributed by atoms with E-state index in [1.807, 2.05) is 31.2 Å². The monoisotopic (exact) mass is 288 g/mol. The Hall–Kier alpha value is -2.43. The second kappa shape index (κ2) is 5.52. The minimum atomic E-state index is -0.456. The van der Waals surface area contributed by atoms with Crippen LogP contribution >= 0.6 is 0 Å². The van der Waals surface area contributed by atoms with Crippen molar-refractivity contribution in [1.82, 2.24) is 0 Å². The Kier molecular flexibility index (Phi) is 3.56. The van der Waals surface area contributed by atoms with Gasteiger partial charge in [0.05, 0.1) is 24.0 Å². The summed E-state index contributed by atoms with van der Waals surface area (Å²) in [5, 5.41) is 3.29. The minimum Gasteiger partial charge on any atom is -0.491 e. The second-order valence-corrected chi connectivity index (χ2v) is 4.85. The first-order chi connectivity index (χ1) is 10.2. The number of para-hydroxylation sites is 1. The molecule has 1 unspecified atom stereocenters. The van der Waals surface area contributed by atoms with Crippen molar-refractivity contribution in [3.63, 3.8) is 0 Å². The van der Waals surface area contributed by atoms with Gasteiger partial charge in [-0.3, -0.25) is 0 Å². The van der Waals surface area contributed by atoms with Gasteiger partial charge in [0, 0.05) is 17.7 Å². The van der Waals surface area contributed by atoms with Crippen molar-refractivity contribution in [1.29, 1.82) is 0 Å². The van der Waals surface area contributed by atoms with Crippen molar-refractivity contribution in [3.05, 3.63) is 47.8 Å². The van der Waals surface area contributed by atoms with Crippen molar-refractivity contribution in [2.24, 2.45) is 0 Å². The van der Waals surface area contributed by atoms with E-state index >= 15 is 0 Å². The number of nitrogen functional groups attached to an aromatic ring is 1. The minimum absolute atomic E-state index is 0.0107. The molecule has 2 aromatic rings. The maximum atomic E-state index is 13.7. The number of anilines is 2. The Labute approximate surface area is 122 Å². The van der Waals surface area contributed by atoms with E-state index in [1.54, 1.807) is 6.07 Å². The second-order valence-electron chi connectivity index (χ2n) is 4.85. The van der Waals surface area contributed by atoms with Gasteiger partial charge < -0.3 is 20.5 Å². The summed E-state index contributed by atoms with van der Waals surface area (Å²) < 4.78 is 24.6.